The molecule has 1 saturated heterocycles. The highest BCUT2D eigenvalue weighted by Crippen LogP contribution is 2.55. The van der Waals surface area contributed by atoms with Crippen LogP contribution < -0.4 is 30.1 Å². The van der Waals surface area contributed by atoms with Crippen LogP contribution in [0.15, 0.2) is 107 Å². The third-order valence-corrected chi connectivity index (χ3v) is 10.5. The molecule has 0 spiro atoms. The first-order chi connectivity index (χ1) is 22.7. The van der Waals surface area contributed by atoms with Crippen LogP contribution in [-0.4, -0.2) is 58.0 Å². The fourth-order valence-electron chi connectivity index (χ4n) is 8.76. The van der Waals surface area contributed by atoms with Gasteiger partial charge in [0, 0.05) is 0 Å². The molecule has 6 unspecified atom stereocenters. The Morgan fingerprint density at radius 2 is 0.826 bits per heavy atom. The number of hydrazone groups is 2. The topological polar surface area (TPSA) is 80.2 Å². The summed E-state index contributed by atoms with van der Waals surface area (Å²) in [6.45, 7) is 4.24. The van der Waals surface area contributed by atoms with Gasteiger partial charge in [0.05, 0.1) is 46.9 Å². The Balaban J connectivity index is 1.19. The Kier molecular flexibility index (Phi) is 5.38. The highest BCUT2D eigenvalue weighted by atomic mass is 16.5. The summed E-state index contributed by atoms with van der Waals surface area (Å²) in [5.74, 6) is 5.54. The standard InChI is InChI=1S/C36H34N8O2/c1-21-37-39-35-36-40-38-22(2)42(36)28-20-30(44-25-13-5-9-17-33(25)46-34-18-10-6-14-26(34)44)29(19-27(28)41(21)35)43-23-11-3-7-15-31(23)45-32-16-8-4-12-24(32)43/h3-18,27-30,35-36,39-40H,19-20H2,1-2H3. The van der Waals surface area contributed by atoms with Gasteiger partial charge in [-0.05, 0) is 75.2 Å². The summed E-state index contributed by atoms with van der Waals surface area (Å²) >= 11 is 0. The molecule has 0 aromatic heterocycles. The van der Waals surface area contributed by atoms with E-state index in [1.807, 2.05) is 0 Å². The molecule has 0 radical (unpaired) electrons. The van der Waals surface area contributed by atoms with E-state index in [-0.39, 0.29) is 36.5 Å². The normalized spacial score (nSPS) is 28.0. The number of rotatable bonds is 2. The minimum Gasteiger partial charge on any atom is -0.453 e. The van der Waals surface area contributed by atoms with Crippen molar-refractivity contribution < 1.29 is 9.47 Å². The average Bonchev–Trinajstić information content (AvgIpc) is 3.68. The van der Waals surface area contributed by atoms with E-state index in [0.717, 1.165) is 70.3 Å². The van der Waals surface area contributed by atoms with Crippen molar-refractivity contribution in [2.45, 2.75) is 63.2 Å². The summed E-state index contributed by atoms with van der Waals surface area (Å²) < 4.78 is 13.0. The molecule has 1 aliphatic carbocycles. The van der Waals surface area contributed by atoms with Crippen LogP contribution in [0.4, 0.5) is 22.7 Å². The predicted molar refractivity (Wildman–Crippen MR) is 178 cm³/mol. The Hall–Kier alpha value is -5.38. The summed E-state index contributed by atoms with van der Waals surface area (Å²) in [7, 11) is 0. The molecule has 6 atom stereocenters. The number of hydrogen-bond donors (Lipinski definition) is 2. The first kappa shape index (κ1) is 25.9. The van der Waals surface area contributed by atoms with Crippen LogP contribution in [-0.2, 0) is 0 Å². The van der Waals surface area contributed by atoms with Gasteiger partial charge in [-0.1, -0.05) is 48.5 Å². The molecule has 0 amide bonds. The van der Waals surface area contributed by atoms with Crippen molar-refractivity contribution in [3.05, 3.63) is 97.1 Å². The van der Waals surface area contributed by atoms with Crippen LogP contribution in [0.5, 0.6) is 23.0 Å². The second-order valence-corrected chi connectivity index (χ2v) is 12.8. The number of hydrogen-bond acceptors (Lipinski definition) is 10. The van der Waals surface area contributed by atoms with Gasteiger partial charge in [-0.15, -0.1) is 0 Å². The molecule has 4 aromatic rings. The first-order valence-corrected chi connectivity index (χ1v) is 16.1. The molecule has 46 heavy (non-hydrogen) atoms. The number of nitrogens with one attached hydrogen (secondary N) is 2. The van der Waals surface area contributed by atoms with Crippen molar-refractivity contribution in [1.82, 2.24) is 20.7 Å². The zero-order chi connectivity index (χ0) is 30.5. The van der Waals surface area contributed by atoms with Gasteiger partial charge in [0.15, 0.2) is 35.3 Å². The van der Waals surface area contributed by atoms with Gasteiger partial charge >= 0.3 is 0 Å². The van der Waals surface area contributed by atoms with E-state index in [0.29, 0.717) is 0 Å². The Morgan fingerprint density at radius 1 is 0.500 bits per heavy atom. The monoisotopic (exact) mass is 610 g/mol. The fraction of sp³-hybridized carbons (Fsp3) is 0.278. The molecule has 10 nitrogen and oxygen atoms in total. The fourth-order valence-corrected chi connectivity index (χ4v) is 8.76. The van der Waals surface area contributed by atoms with Crippen LogP contribution in [0.1, 0.15) is 26.7 Å². The highest BCUT2D eigenvalue weighted by Gasteiger charge is 2.58. The van der Waals surface area contributed by atoms with Gasteiger partial charge in [-0.2, -0.15) is 10.2 Å². The molecular formula is C36H34N8O2. The van der Waals surface area contributed by atoms with Crippen molar-refractivity contribution >= 4 is 34.4 Å². The summed E-state index contributed by atoms with van der Waals surface area (Å²) in [5, 5.41) is 9.50. The molecule has 5 heterocycles. The summed E-state index contributed by atoms with van der Waals surface area (Å²) in [5.41, 5.74) is 11.2. The number of benzene rings is 4. The number of amidine groups is 2. The minimum absolute atomic E-state index is 0.00579. The van der Waals surface area contributed by atoms with Crippen molar-refractivity contribution in [3.8, 4) is 23.0 Å². The predicted octanol–water partition coefficient (Wildman–Crippen LogP) is 6.29. The van der Waals surface area contributed by atoms with E-state index < -0.39 is 0 Å². The lowest BCUT2D eigenvalue weighted by Crippen LogP contribution is -2.75. The van der Waals surface area contributed by atoms with Crippen molar-refractivity contribution in [2.24, 2.45) is 10.2 Å². The van der Waals surface area contributed by atoms with E-state index in [9.17, 15) is 0 Å². The van der Waals surface area contributed by atoms with Gasteiger partial charge in [-0.25, -0.2) is 0 Å². The minimum atomic E-state index is -0.00579. The quantitative estimate of drug-likeness (QED) is 0.274. The lowest BCUT2D eigenvalue weighted by molar-refractivity contribution is -0.0178. The average molecular weight is 611 g/mol. The van der Waals surface area contributed by atoms with Crippen LogP contribution in [0, 0.1) is 0 Å². The van der Waals surface area contributed by atoms with Crippen LogP contribution in [0.3, 0.4) is 0 Å². The number of para-hydroxylation sites is 8. The van der Waals surface area contributed by atoms with E-state index in [4.69, 9.17) is 19.7 Å². The smallest absolute Gasteiger partial charge is 0.157 e. The maximum Gasteiger partial charge on any atom is 0.157 e. The van der Waals surface area contributed by atoms with Gasteiger partial charge in [-0.3, -0.25) is 10.9 Å². The number of fused-ring (bicyclic) bond motifs is 10. The van der Waals surface area contributed by atoms with Gasteiger partial charge in [0.2, 0.25) is 0 Å². The summed E-state index contributed by atoms with van der Waals surface area (Å²) in [4.78, 5) is 10.1. The summed E-state index contributed by atoms with van der Waals surface area (Å²) in [6, 6.07) is 34.3. The number of piperazine rings is 1. The highest BCUT2D eigenvalue weighted by molar-refractivity contribution is 5.86. The molecule has 2 fully saturated rings. The molecule has 6 aliphatic rings. The number of nitrogens with zero attached hydrogens (tertiary/aromatic N) is 6. The van der Waals surface area contributed by atoms with Crippen LogP contribution in [0.25, 0.3) is 0 Å². The van der Waals surface area contributed by atoms with E-state index in [1.54, 1.807) is 0 Å². The molecule has 0 bridgehead atoms. The van der Waals surface area contributed by atoms with E-state index >= 15 is 0 Å². The Morgan fingerprint density at radius 3 is 1.17 bits per heavy atom. The zero-order valence-electron chi connectivity index (χ0n) is 25.6. The second kappa shape index (κ2) is 9.56. The number of ether oxygens (including phenoxy) is 2. The molecule has 5 aliphatic heterocycles. The second-order valence-electron chi connectivity index (χ2n) is 12.8. The third-order valence-electron chi connectivity index (χ3n) is 10.5. The van der Waals surface area contributed by atoms with Crippen LogP contribution >= 0.6 is 0 Å². The Labute approximate surface area is 267 Å². The molecule has 10 heteroatoms. The summed E-state index contributed by atoms with van der Waals surface area (Å²) in [6.07, 6.45) is 1.77. The SMILES string of the molecule is CC1=NNC2C3NN=C(C)N3C3CC(N4c5ccccc5Oc5ccccc54)C(N4c5ccccc5Oc5ccccc54)CC3N12. The molecule has 2 N–H and O–H groups in total. The lowest BCUT2D eigenvalue weighted by Gasteiger charge is -2.59. The van der Waals surface area contributed by atoms with Gasteiger partial charge < -0.3 is 29.1 Å². The zero-order valence-corrected chi connectivity index (χ0v) is 25.6. The largest absolute Gasteiger partial charge is 0.453 e. The molecule has 10 rings (SSSR count). The molecule has 230 valence electrons. The van der Waals surface area contributed by atoms with Crippen LogP contribution in [0.2, 0.25) is 0 Å². The third kappa shape index (κ3) is 3.52. The van der Waals surface area contributed by atoms with E-state index in [2.05, 4.69) is 141 Å². The van der Waals surface area contributed by atoms with Crippen molar-refractivity contribution in [2.75, 3.05) is 9.80 Å². The molecule has 4 aromatic carbocycles. The van der Waals surface area contributed by atoms with Crippen molar-refractivity contribution in [1.29, 1.82) is 0 Å². The van der Waals surface area contributed by atoms with Gasteiger partial charge in [0.25, 0.3) is 0 Å². The molecule has 1 saturated carbocycles. The Bertz CT molecular complexity index is 1710. The maximum absolute atomic E-state index is 6.51. The van der Waals surface area contributed by atoms with Crippen molar-refractivity contribution in [3.63, 3.8) is 0 Å². The van der Waals surface area contributed by atoms with Gasteiger partial charge in [0.1, 0.15) is 11.7 Å². The first-order valence-electron chi connectivity index (χ1n) is 16.1. The van der Waals surface area contributed by atoms with E-state index in [1.165, 1.54) is 0 Å². The number of anilines is 4. The maximum atomic E-state index is 6.51. The molecular weight excluding hydrogens is 576 g/mol. The lowest BCUT2D eigenvalue weighted by atomic mass is 9.76.